The van der Waals surface area contributed by atoms with Crippen molar-refractivity contribution in [1.29, 1.82) is 0 Å². The number of benzene rings is 1. The SMILES string of the molecule is CCNCc1cc(=O)[nH]c(C2CCc3ccccc32)n1. The first-order valence-corrected chi connectivity index (χ1v) is 7.16. The van der Waals surface area contributed by atoms with Gasteiger partial charge in [0.2, 0.25) is 0 Å². The van der Waals surface area contributed by atoms with Crippen molar-refractivity contribution in [3.8, 4) is 0 Å². The predicted octanol–water partition coefficient (Wildman–Crippen LogP) is 1.96. The van der Waals surface area contributed by atoms with Gasteiger partial charge in [0.05, 0.1) is 5.69 Å². The summed E-state index contributed by atoms with van der Waals surface area (Å²) < 4.78 is 0. The van der Waals surface area contributed by atoms with E-state index in [1.54, 1.807) is 6.07 Å². The van der Waals surface area contributed by atoms with E-state index in [9.17, 15) is 4.79 Å². The van der Waals surface area contributed by atoms with Crippen molar-refractivity contribution >= 4 is 0 Å². The first kappa shape index (κ1) is 13.1. The third kappa shape index (κ3) is 2.51. The van der Waals surface area contributed by atoms with Crippen LogP contribution in [-0.2, 0) is 13.0 Å². The van der Waals surface area contributed by atoms with Crippen LogP contribution in [0.5, 0.6) is 0 Å². The molecule has 4 nitrogen and oxygen atoms in total. The van der Waals surface area contributed by atoms with Crippen LogP contribution in [0, 0.1) is 0 Å². The third-order valence-electron chi connectivity index (χ3n) is 3.83. The molecular formula is C16H19N3O. The maximum atomic E-state index is 11.8. The average molecular weight is 269 g/mol. The Bertz CT molecular complexity index is 663. The van der Waals surface area contributed by atoms with Crippen LogP contribution in [0.15, 0.2) is 35.1 Å². The Morgan fingerprint density at radius 1 is 1.40 bits per heavy atom. The molecule has 2 N–H and O–H groups in total. The molecule has 1 aliphatic carbocycles. The molecule has 20 heavy (non-hydrogen) atoms. The lowest BCUT2D eigenvalue weighted by Crippen LogP contribution is -2.20. The number of rotatable bonds is 4. The molecule has 0 aliphatic heterocycles. The molecule has 0 amide bonds. The molecule has 1 atom stereocenters. The summed E-state index contributed by atoms with van der Waals surface area (Å²) in [6, 6.07) is 10.0. The molecule has 0 fully saturated rings. The smallest absolute Gasteiger partial charge is 0.251 e. The summed E-state index contributed by atoms with van der Waals surface area (Å²) >= 11 is 0. The van der Waals surface area contributed by atoms with Gasteiger partial charge in [0.15, 0.2) is 0 Å². The van der Waals surface area contributed by atoms with Gasteiger partial charge in [-0.3, -0.25) is 4.79 Å². The lowest BCUT2D eigenvalue weighted by molar-refractivity contribution is 0.674. The fourth-order valence-electron chi connectivity index (χ4n) is 2.88. The Hall–Kier alpha value is -1.94. The number of fused-ring (bicyclic) bond motifs is 1. The molecule has 1 aromatic heterocycles. The number of hydrogen-bond donors (Lipinski definition) is 2. The Kier molecular flexibility index (Phi) is 3.65. The monoisotopic (exact) mass is 269 g/mol. The van der Waals surface area contributed by atoms with E-state index in [0.717, 1.165) is 30.9 Å². The first-order chi connectivity index (χ1) is 9.78. The van der Waals surface area contributed by atoms with Crippen molar-refractivity contribution in [3.05, 3.63) is 63.3 Å². The Labute approximate surface area is 118 Å². The third-order valence-corrected chi connectivity index (χ3v) is 3.83. The van der Waals surface area contributed by atoms with Crippen molar-refractivity contribution in [3.63, 3.8) is 0 Å². The van der Waals surface area contributed by atoms with E-state index in [4.69, 9.17) is 0 Å². The largest absolute Gasteiger partial charge is 0.311 e. The summed E-state index contributed by atoms with van der Waals surface area (Å²) in [5.41, 5.74) is 3.43. The standard InChI is InChI=1S/C16H19N3O/c1-2-17-10-12-9-15(20)19-16(18-12)14-8-7-11-5-3-4-6-13(11)14/h3-6,9,14,17H,2,7-8,10H2,1H3,(H,18,19,20). The molecule has 0 radical (unpaired) electrons. The summed E-state index contributed by atoms with van der Waals surface area (Å²) in [5.74, 6) is 1.02. The van der Waals surface area contributed by atoms with Crippen LogP contribution in [0.1, 0.15) is 41.9 Å². The summed E-state index contributed by atoms with van der Waals surface area (Å²) in [6.45, 7) is 3.55. The fraction of sp³-hybridized carbons (Fsp3) is 0.375. The van der Waals surface area contributed by atoms with Crippen molar-refractivity contribution in [1.82, 2.24) is 15.3 Å². The summed E-state index contributed by atoms with van der Waals surface area (Å²) in [5, 5.41) is 3.21. The quantitative estimate of drug-likeness (QED) is 0.892. The van der Waals surface area contributed by atoms with E-state index in [2.05, 4.69) is 39.6 Å². The van der Waals surface area contributed by atoms with Gasteiger partial charge in [-0.15, -0.1) is 0 Å². The topological polar surface area (TPSA) is 57.8 Å². The van der Waals surface area contributed by atoms with Gasteiger partial charge in [0, 0.05) is 18.5 Å². The van der Waals surface area contributed by atoms with E-state index >= 15 is 0 Å². The Morgan fingerprint density at radius 3 is 3.10 bits per heavy atom. The Balaban J connectivity index is 1.95. The molecular weight excluding hydrogens is 250 g/mol. The number of hydrogen-bond acceptors (Lipinski definition) is 3. The zero-order valence-electron chi connectivity index (χ0n) is 11.6. The minimum atomic E-state index is -0.0627. The minimum Gasteiger partial charge on any atom is -0.311 e. The highest BCUT2D eigenvalue weighted by molar-refractivity contribution is 5.38. The van der Waals surface area contributed by atoms with Gasteiger partial charge in [-0.2, -0.15) is 0 Å². The molecule has 104 valence electrons. The number of aryl methyl sites for hydroxylation is 1. The van der Waals surface area contributed by atoms with Crippen molar-refractivity contribution < 1.29 is 0 Å². The normalized spacial score (nSPS) is 17.1. The first-order valence-electron chi connectivity index (χ1n) is 7.16. The molecule has 3 rings (SSSR count). The highest BCUT2D eigenvalue weighted by Gasteiger charge is 2.25. The van der Waals surface area contributed by atoms with Gasteiger partial charge in [-0.1, -0.05) is 31.2 Å². The fourth-order valence-corrected chi connectivity index (χ4v) is 2.88. The maximum absolute atomic E-state index is 11.8. The minimum absolute atomic E-state index is 0.0627. The molecule has 0 bridgehead atoms. The zero-order valence-corrected chi connectivity index (χ0v) is 11.6. The second kappa shape index (κ2) is 5.59. The van der Waals surface area contributed by atoms with Crippen LogP contribution < -0.4 is 10.9 Å². The molecule has 4 heteroatoms. The lowest BCUT2D eigenvalue weighted by Gasteiger charge is -2.12. The van der Waals surface area contributed by atoms with Gasteiger partial charge in [-0.25, -0.2) is 4.98 Å². The average Bonchev–Trinajstić information content (AvgIpc) is 2.88. The second-order valence-corrected chi connectivity index (χ2v) is 5.19. The van der Waals surface area contributed by atoms with E-state index < -0.39 is 0 Å². The highest BCUT2D eigenvalue weighted by Crippen LogP contribution is 2.35. The molecule has 0 saturated heterocycles. The summed E-state index contributed by atoms with van der Waals surface area (Å²) in [7, 11) is 0. The van der Waals surface area contributed by atoms with Crippen molar-refractivity contribution in [2.75, 3.05) is 6.54 Å². The highest BCUT2D eigenvalue weighted by atomic mass is 16.1. The molecule has 1 aromatic carbocycles. The van der Waals surface area contributed by atoms with E-state index in [0.29, 0.717) is 6.54 Å². The molecule has 0 spiro atoms. The zero-order chi connectivity index (χ0) is 13.9. The predicted molar refractivity (Wildman–Crippen MR) is 78.8 cm³/mol. The van der Waals surface area contributed by atoms with Gasteiger partial charge >= 0.3 is 0 Å². The number of H-pyrrole nitrogens is 1. The lowest BCUT2D eigenvalue weighted by atomic mass is 10.0. The maximum Gasteiger partial charge on any atom is 0.251 e. The summed E-state index contributed by atoms with van der Waals surface area (Å²) in [6.07, 6.45) is 2.08. The van der Waals surface area contributed by atoms with E-state index in [1.807, 2.05) is 6.92 Å². The molecule has 0 saturated carbocycles. The van der Waals surface area contributed by atoms with E-state index in [1.165, 1.54) is 11.1 Å². The van der Waals surface area contributed by atoms with Crippen LogP contribution in [0.25, 0.3) is 0 Å². The van der Waals surface area contributed by atoms with E-state index in [-0.39, 0.29) is 11.5 Å². The van der Waals surface area contributed by atoms with Crippen LogP contribution in [0.2, 0.25) is 0 Å². The van der Waals surface area contributed by atoms with Crippen LogP contribution >= 0.6 is 0 Å². The van der Waals surface area contributed by atoms with Crippen LogP contribution in [0.3, 0.4) is 0 Å². The molecule has 1 heterocycles. The van der Waals surface area contributed by atoms with Gasteiger partial charge < -0.3 is 10.3 Å². The summed E-state index contributed by atoms with van der Waals surface area (Å²) in [4.78, 5) is 19.4. The number of nitrogens with one attached hydrogen (secondary N) is 2. The Morgan fingerprint density at radius 2 is 2.25 bits per heavy atom. The molecule has 2 aromatic rings. The second-order valence-electron chi connectivity index (χ2n) is 5.19. The number of aromatic amines is 1. The van der Waals surface area contributed by atoms with Gasteiger partial charge in [0.1, 0.15) is 5.82 Å². The molecule has 1 aliphatic rings. The van der Waals surface area contributed by atoms with Crippen molar-refractivity contribution in [2.45, 2.75) is 32.2 Å². The van der Waals surface area contributed by atoms with Crippen LogP contribution in [-0.4, -0.2) is 16.5 Å². The van der Waals surface area contributed by atoms with Crippen LogP contribution in [0.4, 0.5) is 0 Å². The number of aromatic nitrogens is 2. The molecule has 1 unspecified atom stereocenters. The van der Waals surface area contributed by atoms with Gasteiger partial charge in [0.25, 0.3) is 5.56 Å². The van der Waals surface area contributed by atoms with Crippen molar-refractivity contribution in [2.24, 2.45) is 0 Å². The van der Waals surface area contributed by atoms with Gasteiger partial charge in [-0.05, 0) is 30.5 Å². The number of nitrogens with zero attached hydrogens (tertiary/aromatic N) is 1.